The quantitative estimate of drug-likeness (QED) is 0.163. The Hall–Kier alpha value is -4.56. The number of hydrogen-bond donors (Lipinski definition) is 8. The third-order valence-electron chi connectivity index (χ3n) is 9.02. The van der Waals surface area contributed by atoms with E-state index in [0.717, 1.165) is 5.56 Å². The molecule has 13 heteroatoms. The van der Waals surface area contributed by atoms with Crippen molar-refractivity contribution in [1.82, 2.24) is 4.90 Å². The molecule has 3 aliphatic rings. The zero-order valence-electron chi connectivity index (χ0n) is 24.2. The van der Waals surface area contributed by atoms with Crippen LogP contribution in [0, 0.1) is 11.8 Å². The number of aliphatic hydroxyl groups is 4. The first-order chi connectivity index (χ1) is 20.6. The van der Waals surface area contributed by atoms with E-state index in [0.29, 0.717) is 0 Å². The average molecular weight is 607 g/mol. The van der Waals surface area contributed by atoms with Crippen molar-refractivity contribution < 1.29 is 44.7 Å². The van der Waals surface area contributed by atoms with Crippen molar-refractivity contribution >= 4 is 29.1 Å². The van der Waals surface area contributed by atoms with E-state index in [1.54, 1.807) is 31.2 Å². The van der Waals surface area contributed by atoms with Gasteiger partial charge in [0.15, 0.2) is 17.1 Å². The van der Waals surface area contributed by atoms with Crippen LogP contribution in [0.3, 0.4) is 0 Å². The van der Waals surface area contributed by atoms with Crippen LogP contribution in [0.5, 0.6) is 5.75 Å². The molecule has 0 aliphatic heterocycles. The van der Waals surface area contributed by atoms with Gasteiger partial charge in [-0.3, -0.25) is 24.1 Å². The molecule has 0 radical (unpaired) electrons. The molecule has 44 heavy (non-hydrogen) atoms. The molecule has 2 aromatic carbocycles. The Morgan fingerprint density at radius 2 is 1.70 bits per heavy atom. The maximum atomic E-state index is 14.0. The number of nitrogens with one attached hydrogen (secondary N) is 1. The van der Waals surface area contributed by atoms with Gasteiger partial charge < -0.3 is 42.3 Å². The monoisotopic (exact) mass is 606 g/mol. The van der Waals surface area contributed by atoms with Crippen molar-refractivity contribution in [2.75, 3.05) is 19.4 Å². The van der Waals surface area contributed by atoms with Gasteiger partial charge in [0.25, 0.3) is 5.91 Å². The van der Waals surface area contributed by atoms with Gasteiger partial charge in [0, 0.05) is 11.5 Å². The number of carbonyl (C=O) groups is 4. The van der Waals surface area contributed by atoms with Gasteiger partial charge in [0.2, 0.25) is 11.7 Å². The fourth-order valence-corrected chi connectivity index (χ4v) is 6.91. The zero-order valence-corrected chi connectivity index (χ0v) is 24.2. The Bertz CT molecular complexity index is 1650. The molecule has 0 aromatic heterocycles. The molecule has 0 bridgehead atoms. The predicted octanol–water partition coefficient (Wildman–Crippen LogP) is 0.161. The number of phenolic OH excluding ortho intramolecular Hbond substituents is 1. The molecule has 5 rings (SSSR count). The number of primary amides is 1. The average Bonchev–Trinajstić information content (AvgIpc) is 2.96. The summed E-state index contributed by atoms with van der Waals surface area (Å²) in [5.41, 5.74) is 7.49. The molecule has 5 unspecified atom stereocenters. The molecule has 0 saturated carbocycles. The number of fused-ring (bicyclic) bond motifs is 3. The molecule has 10 N–H and O–H groups in total. The van der Waals surface area contributed by atoms with Gasteiger partial charge in [-0.1, -0.05) is 43.3 Å². The van der Waals surface area contributed by atoms with E-state index in [2.05, 4.69) is 5.32 Å². The van der Waals surface area contributed by atoms with Crippen molar-refractivity contribution in [3.63, 3.8) is 0 Å². The summed E-state index contributed by atoms with van der Waals surface area (Å²) in [6.45, 7) is 1.62. The normalized spacial score (nSPS) is 28.8. The van der Waals surface area contributed by atoms with E-state index in [4.69, 9.17) is 11.5 Å². The second-order valence-electron chi connectivity index (χ2n) is 11.8. The van der Waals surface area contributed by atoms with E-state index in [1.807, 2.05) is 6.07 Å². The molecular weight excluding hydrogens is 572 g/mol. The highest BCUT2D eigenvalue weighted by Crippen LogP contribution is 2.56. The van der Waals surface area contributed by atoms with Crippen molar-refractivity contribution in [3.05, 3.63) is 81.8 Å². The third kappa shape index (κ3) is 4.39. The second-order valence-corrected chi connectivity index (χ2v) is 11.8. The molecule has 2 aromatic rings. The number of benzene rings is 2. The number of anilines is 1. The number of likely N-dealkylation sites (N-methyl/N-ethyl adjacent to an activating group) is 1. The van der Waals surface area contributed by atoms with Crippen molar-refractivity contribution in [2.24, 2.45) is 23.3 Å². The van der Waals surface area contributed by atoms with Gasteiger partial charge in [0.1, 0.15) is 17.1 Å². The molecular formula is C31H34N4O9. The minimum atomic E-state index is -3.02. The largest absolute Gasteiger partial charge is 0.510 e. The first kappa shape index (κ1) is 30.9. The molecule has 0 spiro atoms. The van der Waals surface area contributed by atoms with E-state index >= 15 is 0 Å². The number of nitrogens with zero attached hydrogens (tertiary/aromatic N) is 1. The molecule has 0 fully saturated rings. The van der Waals surface area contributed by atoms with Crippen LogP contribution in [0.2, 0.25) is 0 Å². The maximum absolute atomic E-state index is 14.0. The molecule has 0 saturated heterocycles. The number of aliphatic hydroxyl groups excluding tert-OH is 3. The summed E-state index contributed by atoms with van der Waals surface area (Å²) in [5, 5.41) is 59.6. The van der Waals surface area contributed by atoms with Crippen LogP contribution in [0.15, 0.2) is 65.1 Å². The van der Waals surface area contributed by atoms with Crippen molar-refractivity contribution in [1.29, 1.82) is 0 Å². The minimum Gasteiger partial charge on any atom is -0.510 e. The van der Waals surface area contributed by atoms with Crippen LogP contribution < -0.4 is 16.8 Å². The van der Waals surface area contributed by atoms with Crippen molar-refractivity contribution in [2.45, 2.75) is 43.1 Å². The zero-order chi connectivity index (χ0) is 32.4. The molecule has 13 nitrogen and oxygen atoms in total. The number of aromatic hydroxyl groups is 1. The number of Topliss-reactive ketones (excluding diaryl/α,β-unsaturated/α-hetero) is 2. The highest BCUT2D eigenvalue weighted by atomic mass is 16.4. The number of carbonyl (C=O) groups excluding carboxylic acids is 4. The number of phenols is 1. The predicted molar refractivity (Wildman–Crippen MR) is 157 cm³/mol. The fraction of sp³-hybridized carbons (Fsp3) is 0.355. The first-order valence-corrected chi connectivity index (χ1v) is 13.9. The number of hydrogen-bond acceptors (Lipinski definition) is 11. The van der Waals surface area contributed by atoms with E-state index in [1.165, 1.54) is 31.1 Å². The molecule has 3 aliphatic carbocycles. The first-order valence-electron chi connectivity index (χ1n) is 13.9. The molecule has 0 heterocycles. The number of ketones is 2. The van der Waals surface area contributed by atoms with Crippen LogP contribution in [0.1, 0.15) is 34.3 Å². The molecule has 2 amide bonds. The standard InChI is InChI=1S/C31H34N4O9/c1-12-14-9-10-16(34-30(43)15(32)11-13-7-5-4-6-8-13)23(36)18(14)24(37)19-17(12)25(38)21-22(35(2)3)26(39)20(29(33)42)28(41)31(21,44)27(19)40/h4-10,12,15,17,21-22,25,36,38-40,44H,11,32H2,1-3H3,(H2,33,42)(H,34,43)/t12?,15-,17?,21?,22-,25?,31?/m0/s1. The maximum Gasteiger partial charge on any atom is 0.255 e. The van der Waals surface area contributed by atoms with E-state index in [9.17, 15) is 44.7 Å². The number of rotatable bonds is 6. The number of nitrogens with two attached hydrogens (primary N) is 2. The Balaban J connectivity index is 1.59. The Morgan fingerprint density at radius 1 is 1.07 bits per heavy atom. The van der Waals surface area contributed by atoms with Gasteiger partial charge in [-0.2, -0.15) is 0 Å². The van der Waals surface area contributed by atoms with E-state index < -0.39 is 93.3 Å². The SMILES string of the molecule is CC1c2ccc(NC(=O)[C@@H](N)Cc3ccccc3)c(O)c2C(=O)C2=C(O)C3(O)C(=O)C(C(N)=O)=C(O)[C@@H](N(C)C)C3C(O)C21. The fourth-order valence-electron chi connectivity index (χ4n) is 6.91. The lowest BCUT2D eigenvalue weighted by Gasteiger charge is -2.53. The van der Waals surface area contributed by atoms with Gasteiger partial charge in [0.05, 0.1) is 35.4 Å². The molecule has 232 valence electrons. The lowest BCUT2D eigenvalue weighted by molar-refractivity contribution is -0.162. The van der Waals surface area contributed by atoms with Gasteiger partial charge in [-0.25, -0.2) is 0 Å². The van der Waals surface area contributed by atoms with Crippen LogP contribution in [0.25, 0.3) is 0 Å². The van der Waals surface area contributed by atoms with Gasteiger partial charge >= 0.3 is 0 Å². The van der Waals surface area contributed by atoms with E-state index in [-0.39, 0.29) is 23.2 Å². The Labute approximate surface area is 252 Å². The van der Waals surface area contributed by atoms with Crippen LogP contribution in [0.4, 0.5) is 5.69 Å². The van der Waals surface area contributed by atoms with Crippen LogP contribution >= 0.6 is 0 Å². The topological polar surface area (TPSA) is 237 Å². The van der Waals surface area contributed by atoms with Crippen LogP contribution in [-0.4, -0.2) is 91.7 Å². The van der Waals surface area contributed by atoms with Gasteiger partial charge in [-0.05, 0) is 43.6 Å². The summed E-state index contributed by atoms with van der Waals surface area (Å²) in [6.07, 6.45) is -1.50. The van der Waals surface area contributed by atoms with Crippen molar-refractivity contribution in [3.8, 4) is 5.75 Å². The third-order valence-corrected chi connectivity index (χ3v) is 9.02. The summed E-state index contributed by atoms with van der Waals surface area (Å²) in [7, 11) is 2.92. The lowest BCUT2D eigenvalue weighted by Crippen LogP contribution is -2.68. The second kappa shape index (κ2) is 10.9. The summed E-state index contributed by atoms with van der Waals surface area (Å²) < 4.78 is 0. The van der Waals surface area contributed by atoms with Gasteiger partial charge in [-0.15, -0.1) is 0 Å². The smallest absolute Gasteiger partial charge is 0.255 e. The van der Waals surface area contributed by atoms with Crippen LogP contribution in [-0.2, 0) is 20.8 Å². The molecule has 7 atom stereocenters. The Morgan fingerprint density at radius 3 is 2.30 bits per heavy atom. The Kier molecular flexibility index (Phi) is 7.62. The summed E-state index contributed by atoms with van der Waals surface area (Å²) in [4.78, 5) is 53.9. The highest BCUT2D eigenvalue weighted by Gasteiger charge is 2.67. The minimum absolute atomic E-state index is 0.144. The number of amides is 2. The lowest BCUT2D eigenvalue weighted by atomic mass is 9.55. The summed E-state index contributed by atoms with van der Waals surface area (Å²) >= 11 is 0. The highest BCUT2D eigenvalue weighted by molar-refractivity contribution is 6.25. The summed E-state index contributed by atoms with van der Waals surface area (Å²) in [5.74, 6) is -10.6. The summed E-state index contributed by atoms with van der Waals surface area (Å²) in [6, 6.07) is 9.55.